The van der Waals surface area contributed by atoms with E-state index in [2.05, 4.69) is 15.3 Å². The van der Waals surface area contributed by atoms with Gasteiger partial charge in [0.05, 0.1) is 12.6 Å². The number of hydrogen-bond acceptors (Lipinski definition) is 6. The van der Waals surface area contributed by atoms with E-state index in [-0.39, 0.29) is 5.56 Å². The van der Waals surface area contributed by atoms with Gasteiger partial charge in [-0.15, -0.1) is 0 Å². The molecule has 3 aromatic heterocycles. The number of amides is 1. The molecule has 38 heavy (non-hydrogen) atoms. The molecular formula is C29H23FN4O4. The predicted molar refractivity (Wildman–Crippen MR) is 142 cm³/mol. The summed E-state index contributed by atoms with van der Waals surface area (Å²) in [5.74, 6) is 0.504. The van der Waals surface area contributed by atoms with Crippen LogP contribution in [-0.4, -0.2) is 27.6 Å². The van der Waals surface area contributed by atoms with Crippen LogP contribution in [0.4, 0.5) is 10.1 Å². The Hall–Kier alpha value is -5.05. The molecule has 0 spiro atoms. The van der Waals surface area contributed by atoms with Gasteiger partial charge in [-0.3, -0.25) is 19.1 Å². The number of nitrogens with zero attached hydrogens (tertiary/aromatic N) is 3. The minimum Gasteiger partial charge on any atom is -0.481 e. The van der Waals surface area contributed by atoms with Gasteiger partial charge in [0.25, 0.3) is 11.5 Å². The maximum Gasteiger partial charge on any atom is 0.268 e. The first-order valence-corrected chi connectivity index (χ1v) is 11.7. The van der Waals surface area contributed by atoms with Crippen LogP contribution in [0, 0.1) is 19.7 Å². The largest absolute Gasteiger partial charge is 0.481 e. The fraction of sp³-hybridized carbons (Fsp3) is 0.103. The molecular weight excluding hydrogens is 487 g/mol. The molecule has 1 amide bonds. The average Bonchev–Trinajstić information content (AvgIpc) is 2.90. The number of pyridine rings is 3. The van der Waals surface area contributed by atoms with Gasteiger partial charge < -0.3 is 14.8 Å². The minimum atomic E-state index is -0.548. The van der Waals surface area contributed by atoms with E-state index in [1.165, 1.54) is 35.9 Å². The number of carbonyl (C=O) groups is 1. The monoisotopic (exact) mass is 510 g/mol. The Labute approximate surface area is 217 Å². The molecule has 0 aliphatic carbocycles. The Bertz CT molecular complexity index is 1710. The molecule has 0 aliphatic rings. The van der Waals surface area contributed by atoms with Crippen molar-refractivity contribution in [2.45, 2.75) is 13.8 Å². The minimum absolute atomic E-state index is 0.00327. The van der Waals surface area contributed by atoms with E-state index in [1.54, 1.807) is 68.6 Å². The zero-order valence-corrected chi connectivity index (χ0v) is 20.9. The van der Waals surface area contributed by atoms with Gasteiger partial charge in [-0.25, -0.2) is 9.37 Å². The first kappa shape index (κ1) is 24.6. The van der Waals surface area contributed by atoms with Gasteiger partial charge in [0.2, 0.25) is 5.88 Å². The van der Waals surface area contributed by atoms with Crippen molar-refractivity contribution < 1.29 is 18.7 Å². The molecule has 0 atom stereocenters. The molecule has 0 saturated carbocycles. The number of nitrogens with one attached hydrogen (secondary N) is 1. The molecule has 1 N–H and O–H groups in total. The van der Waals surface area contributed by atoms with E-state index >= 15 is 0 Å². The van der Waals surface area contributed by atoms with Crippen molar-refractivity contribution >= 4 is 22.6 Å². The molecule has 0 saturated heterocycles. The number of hydrogen-bond donors (Lipinski definition) is 1. The van der Waals surface area contributed by atoms with Gasteiger partial charge in [0.15, 0.2) is 5.75 Å². The number of methoxy groups -OCH3 is 1. The smallest absolute Gasteiger partial charge is 0.268 e. The highest BCUT2D eigenvalue weighted by Crippen LogP contribution is 2.29. The van der Waals surface area contributed by atoms with Crippen molar-refractivity contribution in [1.82, 2.24) is 14.5 Å². The first-order valence-electron chi connectivity index (χ1n) is 11.7. The van der Waals surface area contributed by atoms with Crippen LogP contribution in [0.2, 0.25) is 0 Å². The van der Waals surface area contributed by atoms with Crippen molar-refractivity contribution in [1.29, 1.82) is 0 Å². The number of anilines is 1. The Kier molecular flexibility index (Phi) is 6.57. The number of aryl methyl sites for hydroxylation is 2. The maximum atomic E-state index is 13.4. The highest BCUT2D eigenvalue weighted by atomic mass is 19.1. The van der Waals surface area contributed by atoms with Crippen LogP contribution in [0.5, 0.6) is 17.4 Å². The molecule has 9 heteroatoms. The number of fused-ring (bicyclic) bond motifs is 1. The number of aromatic nitrogens is 3. The normalized spacial score (nSPS) is 10.8. The fourth-order valence-electron chi connectivity index (χ4n) is 4.18. The van der Waals surface area contributed by atoms with Crippen LogP contribution in [0.15, 0.2) is 83.8 Å². The van der Waals surface area contributed by atoms with Crippen molar-refractivity contribution in [2.75, 3.05) is 12.4 Å². The standard InChI is InChI=1S/C29H23FN4O4/c1-17-16-18(2)34(21-8-4-19(30)5-9-21)29(36)26(17)28(35)32-20-6-10-22(11-7-20)38-24-14-15-31-23-12-13-25(37-3)33-27(23)24/h4-16H,1-3H3,(H,32,35). The van der Waals surface area contributed by atoms with E-state index in [9.17, 15) is 14.0 Å². The third kappa shape index (κ3) is 4.81. The Morgan fingerprint density at radius 3 is 2.42 bits per heavy atom. The SMILES string of the molecule is COc1ccc2nccc(Oc3ccc(NC(=O)c4c(C)cc(C)n(-c5ccc(F)cc5)c4=O)cc3)c2n1. The zero-order chi connectivity index (χ0) is 26.8. The lowest BCUT2D eigenvalue weighted by molar-refractivity contribution is 0.102. The lowest BCUT2D eigenvalue weighted by Gasteiger charge is -2.15. The van der Waals surface area contributed by atoms with Crippen LogP contribution < -0.4 is 20.3 Å². The van der Waals surface area contributed by atoms with Gasteiger partial charge in [0, 0.05) is 35.4 Å². The summed E-state index contributed by atoms with van der Waals surface area (Å²) in [6.07, 6.45) is 1.63. The summed E-state index contributed by atoms with van der Waals surface area (Å²) in [5, 5.41) is 2.78. The van der Waals surface area contributed by atoms with Gasteiger partial charge in [-0.05, 0) is 80.1 Å². The average molecular weight is 511 g/mol. The number of rotatable bonds is 6. The Balaban J connectivity index is 1.38. The van der Waals surface area contributed by atoms with Crippen molar-refractivity contribution in [3.05, 3.63) is 112 Å². The second-order valence-electron chi connectivity index (χ2n) is 8.57. The van der Waals surface area contributed by atoms with E-state index in [0.29, 0.717) is 51.0 Å². The fourth-order valence-corrected chi connectivity index (χ4v) is 4.18. The summed E-state index contributed by atoms with van der Waals surface area (Å²) in [6, 6.07) is 19.2. The van der Waals surface area contributed by atoms with Gasteiger partial charge in [-0.2, -0.15) is 0 Å². The molecule has 2 aromatic carbocycles. The molecule has 190 valence electrons. The zero-order valence-electron chi connectivity index (χ0n) is 20.9. The molecule has 8 nitrogen and oxygen atoms in total. The molecule has 3 heterocycles. The summed E-state index contributed by atoms with van der Waals surface area (Å²) in [5.41, 5.74) is 2.85. The van der Waals surface area contributed by atoms with E-state index < -0.39 is 17.3 Å². The first-order chi connectivity index (χ1) is 18.3. The third-order valence-corrected chi connectivity index (χ3v) is 5.97. The second-order valence-corrected chi connectivity index (χ2v) is 8.57. The third-order valence-electron chi connectivity index (χ3n) is 5.97. The van der Waals surface area contributed by atoms with Crippen LogP contribution in [-0.2, 0) is 0 Å². The quantitative estimate of drug-likeness (QED) is 0.320. The summed E-state index contributed by atoms with van der Waals surface area (Å²) < 4.78 is 26.0. The van der Waals surface area contributed by atoms with Crippen molar-refractivity contribution in [2.24, 2.45) is 0 Å². The number of halogens is 1. The van der Waals surface area contributed by atoms with E-state index in [0.717, 1.165) is 0 Å². The van der Waals surface area contributed by atoms with Crippen LogP contribution >= 0.6 is 0 Å². The lowest BCUT2D eigenvalue weighted by atomic mass is 10.1. The van der Waals surface area contributed by atoms with Crippen LogP contribution in [0.25, 0.3) is 16.7 Å². The maximum absolute atomic E-state index is 13.4. The molecule has 5 aromatic rings. The molecule has 0 fully saturated rings. The van der Waals surface area contributed by atoms with E-state index in [4.69, 9.17) is 9.47 Å². The summed E-state index contributed by atoms with van der Waals surface area (Å²) in [6.45, 7) is 3.47. The number of carbonyl (C=O) groups excluding carboxylic acids is 1. The number of benzene rings is 2. The summed E-state index contributed by atoms with van der Waals surface area (Å²) in [4.78, 5) is 35.2. The van der Waals surface area contributed by atoms with Gasteiger partial charge in [0.1, 0.15) is 22.6 Å². The van der Waals surface area contributed by atoms with Gasteiger partial charge in [-0.1, -0.05) is 0 Å². The predicted octanol–water partition coefficient (Wildman–Crippen LogP) is 5.59. The highest BCUT2D eigenvalue weighted by Gasteiger charge is 2.19. The van der Waals surface area contributed by atoms with Crippen LogP contribution in [0.1, 0.15) is 21.6 Å². The van der Waals surface area contributed by atoms with Crippen molar-refractivity contribution in [3.63, 3.8) is 0 Å². The summed E-state index contributed by atoms with van der Waals surface area (Å²) >= 11 is 0. The second kappa shape index (κ2) is 10.1. The topological polar surface area (TPSA) is 95.3 Å². The molecule has 0 unspecified atom stereocenters. The Morgan fingerprint density at radius 1 is 0.974 bits per heavy atom. The summed E-state index contributed by atoms with van der Waals surface area (Å²) in [7, 11) is 1.54. The van der Waals surface area contributed by atoms with E-state index in [1.807, 2.05) is 0 Å². The van der Waals surface area contributed by atoms with Crippen LogP contribution in [0.3, 0.4) is 0 Å². The molecule has 0 radical (unpaired) electrons. The highest BCUT2D eigenvalue weighted by molar-refractivity contribution is 6.05. The van der Waals surface area contributed by atoms with Crippen molar-refractivity contribution in [3.8, 4) is 23.1 Å². The number of ether oxygens (including phenoxy) is 2. The molecule has 0 aliphatic heterocycles. The molecule has 5 rings (SSSR count). The molecule has 0 bridgehead atoms. The lowest BCUT2D eigenvalue weighted by Crippen LogP contribution is -2.31. The van der Waals surface area contributed by atoms with Gasteiger partial charge >= 0.3 is 0 Å². The Morgan fingerprint density at radius 2 is 1.71 bits per heavy atom.